The molecule has 0 rings (SSSR count). The maximum absolute atomic E-state index is 12.5. The zero-order chi connectivity index (χ0) is 38.9. The number of nitrogens with two attached hydrogens (primary N) is 1. The number of ether oxygens (including phenoxy) is 2. The van der Waals surface area contributed by atoms with Crippen LogP contribution in [-0.2, 0) is 32.7 Å². The van der Waals surface area contributed by atoms with Gasteiger partial charge in [0.1, 0.15) is 6.61 Å². The second kappa shape index (κ2) is 39.4. The van der Waals surface area contributed by atoms with Gasteiger partial charge in [-0.2, -0.15) is 0 Å². The van der Waals surface area contributed by atoms with Gasteiger partial charge < -0.3 is 20.1 Å². The molecule has 3 N–H and O–H groups in total. The molecule has 2 atom stereocenters. The summed E-state index contributed by atoms with van der Waals surface area (Å²) in [4.78, 5) is 34.8. The first kappa shape index (κ1) is 50.7. The minimum Gasteiger partial charge on any atom is -0.462 e. The molecule has 306 valence electrons. The Hall–Kier alpha value is -2.29. The van der Waals surface area contributed by atoms with Crippen molar-refractivity contribution in [3.63, 3.8) is 0 Å². The predicted molar refractivity (Wildman–Crippen MR) is 219 cm³/mol. The van der Waals surface area contributed by atoms with E-state index in [9.17, 15) is 19.0 Å². The van der Waals surface area contributed by atoms with E-state index >= 15 is 0 Å². The van der Waals surface area contributed by atoms with E-state index < -0.39 is 32.5 Å². The highest BCUT2D eigenvalue weighted by atomic mass is 31.2. The number of phosphoric acid groups is 1. The number of esters is 2. The van der Waals surface area contributed by atoms with Gasteiger partial charge in [-0.15, -0.1) is 0 Å². The van der Waals surface area contributed by atoms with Crippen LogP contribution in [0, 0.1) is 0 Å². The van der Waals surface area contributed by atoms with Crippen LogP contribution in [0.4, 0.5) is 0 Å². The summed E-state index contributed by atoms with van der Waals surface area (Å²) in [6, 6.07) is 0. The Morgan fingerprint density at radius 2 is 1.00 bits per heavy atom. The van der Waals surface area contributed by atoms with Crippen LogP contribution >= 0.6 is 7.82 Å². The monoisotopic (exact) mass is 766 g/mol. The minimum absolute atomic E-state index is 0.0426. The molecule has 0 aromatic heterocycles. The molecule has 0 spiro atoms. The second-order valence-corrected chi connectivity index (χ2v) is 14.9. The SMILES string of the molecule is CCCCC/C=C/C/C=C/C/C=C/C/C=C/CCCC(=O)OC[C@H](COP(=O)(O)OCCN)OC(=O)CCCCCCC/C=C/CCCCCCCC. The van der Waals surface area contributed by atoms with Gasteiger partial charge in [-0.3, -0.25) is 18.6 Å². The van der Waals surface area contributed by atoms with Crippen molar-refractivity contribution >= 4 is 19.8 Å². The lowest BCUT2D eigenvalue weighted by atomic mass is 10.1. The number of allylic oxidation sites excluding steroid dienone is 10. The number of rotatable bonds is 38. The number of hydrogen-bond acceptors (Lipinski definition) is 8. The number of unbranched alkanes of at least 4 members (excludes halogenated alkanes) is 15. The molecular formula is C43H76NO8P. The second-order valence-electron chi connectivity index (χ2n) is 13.5. The first-order valence-corrected chi connectivity index (χ1v) is 22.3. The molecule has 0 radical (unpaired) electrons. The summed E-state index contributed by atoms with van der Waals surface area (Å²) < 4.78 is 32.7. The summed E-state index contributed by atoms with van der Waals surface area (Å²) in [5, 5.41) is 0. The lowest BCUT2D eigenvalue weighted by Gasteiger charge is -2.19. The molecule has 1 unspecified atom stereocenters. The molecule has 0 amide bonds. The average molecular weight is 766 g/mol. The number of carbonyl (C=O) groups excluding carboxylic acids is 2. The lowest BCUT2D eigenvalue weighted by Crippen LogP contribution is -2.29. The third-order valence-electron chi connectivity index (χ3n) is 8.38. The molecule has 0 saturated carbocycles. The standard InChI is InChI=1S/C43H76NO8P/c1-3-5-7-9-11-13-15-17-19-20-22-23-25-27-29-31-33-35-42(45)49-39-41(40-51-53(47,48)50-38-37-44)52-43(46)36-34-32-30-28-26-24-21-18-16-14-12-10-8-6-4-2/h11,13,17-19,21-23,27,29,41H,3-10,12,14-16,20,24-26,28,30-40,44H2,1-2H3,(H,47,48)/b13-11+,19-17+,21-18+,23-22+,29-27+/t41-/m1/s1. The van der Waals surface area contributed by atoms with Crippen LogP contribution in [0.5, 0.6) is 0 Å². The summed E-state index contributed by atoms with van der Waals surface area (Å²) in [6.45, 7) is 3.61. The Balaban J connectivity index is 4.30. The first-order chi connectivity index (χ1) is 25.8. The predicted octanol–water partition coefficient (Wildman–Crippen LogP) is 11.7. The normalized spacial score (nSPS) is 14.0. The van der Waals surface area contributed by atoms with Crippen LogP contribution in [-0.4, -0.2) is 49.3 Å². The van der Waals surface area contributed by atoms with Crippen molar-refractivity contribution in [1.29, 1.82) is 0 Å². The molecule has 0 saturated heterocycles. The van der Waals surface area contributed by atoms with Crippen LogP contribution in [0.3, 0.4) is 0 Å². The van der Waals surface area contributed by atoms with Gasteiger partial charge in [-0.05, 0) is 77.0 Å². The highest BCUT2D eigenvalue weighted by Gasteiger charge is 2.25. The Morgan fingerprint density at radius 3 is 1.57 bits per heavy atom. The molecule has 0 heterocycles. The number of phosphoric ester groups is 1. The lowest BCUT2D eigenvalue weighted by molar-refractivity contribution is -0.161. The Labute approximate surface area is 323 Å². The Bertz CT molecular complexity index is 1050. The molecule has 0 aliphatic carbocycles. The van der Waals surface area contributed by atoms with Gasteiger partial charge >= 0.3 is 19.8 Å². The van der Waals surface area contributed by atoms with Gasteiger partial charge in [0.05, 0.1) is 13.2 Å². The fourth-order valence-corrected chi connectivity index (χ4v) is 6.03. The molecule has 10 heteroatoms. The minimum atomic E-state index is -4.39. The molecule has 0 aromatic carbocycles. The summed E-state index contributed by atoms with van der Waals surface area (Å²) in [5.41, 5.74) is 5.34. The van der Waals surface area contributed by atoms with E-state index in [0.29, 0.717) is 12.8 Å². The van der Waals surface area contributed by atoms with Gasteiger partial charge in [-0.1, -0.05) is 139 Å². The maximum atomic E-state index is 12.5. The van der Waals surface area contributed by atoms with Crippen molar-refractivity contribution in [2.75, 3.05) is 26.4 Å². The molecule has 0 aromatic rings. The zero-order valence-electron chi connectivity index (χ0n) is 33.5. The van der Waals surface area contributed by atoms with Crippen LogP contribution in [0.1, 0.15) is 168 Å². The van der Waals surface area contributed by atoms with Gasteiger partial charge in [0.25, 0.3) is 0 Å². The largest absolute Gasteiger partial charge is 0.472 e. The van der Waals surface area contributed by atoms with Gasteiger partial charge in [0, 0.05) is 19.4 Å². The Kier molecular flexibility index (Phi) is 37.7. The average Bonchev–Trinajstić information content (AvgIpc) is 3.14. The van der Waals surface area contributed by atoms with E-state index in [0.717, 1.165) is 57.8 Å². The summed E-state index contributed by atoms with van der Waals surface area (Å²) in [5.74, 6) is -0.908. The highest BCUT2D eigenvalue weighted by Crippen LogP contribution is 2.43. The smallest absolute Gasteiger partial charge is 0.462 e. The van der Waals surface area contributed by atoms with E-state index in [2.05, 4.69) is 68.5 Å². The Morgan fingerprint density at radius 1 is 0.566 bits per heavy atom. The van der Waals surface area contributed by atoms with Gasteiger partial charge in [0.15, 0.2) is 6.10 Å². The zero-order valence-corrected chi connectivity index (χ0v) is 34.4. The van der Waals surface area contributed by atoms with Crippen molar-refractivity contribution < 1.29 is 37.6 Å². The summed E-state index contributed by atoms with van der Waals surface area (Å²) >= 11 is 0. The first-order valence-electron chi connectivity index (χ1n) is 20.8. The molecule has 53 heavy (non-hydrogen) atoms. The molecule has 0 bridgehead atoms. The summed E-state index contributed by atoms with van der Waals surface area (Å²) in [6.07, 6.45) is 45.4. The van der Waals surface area contributed by atoms with Crippen LogP contribution in [0.25, 0.3) is 0 Å². The number of carbonyl (C=O) groups is 2. The fourth-order valence-electron chi connectivity index (χ4n) is 5.27. The van der Waals surface area contributed by atoms with E-state index in [1.54, 1.807) is 0 Å². The maximum Gasteiger partial charge on any atom is 0.472 e. The number of hydrogen-bond donors (Lipinski definition) is 2. The van der Waals surface area contributed by atoms with Crippen LogP contribution in [0.2, 0.25) is 0 Å². The molecule has 0 aliphatic heterocycles. The fraction of sp³-hybridized carbons (Fsp3) is 0.721. The quantitative estimate of drug-likeness (QED) is 0.0272. The van der Waals surface area contributed by atoms with Crippen molar-refractivity contribution in [2.45, 2.75) is 174 Å². The van der Waals surface area contributed by atoms with E-state index in [1.807, 2.05) is 6.08 Å². The van der Waals surface area contributed by atoms with Crippen molar-refractivity contribution in [3.8, 4) is 0 Å². The molecule has 9 nitrogen and oxygen atoms in total. The third kappa shape index (κ3) is 39.2. The molecular weight excluding hydrogens is 689 g/mol. The topological polar surface area (TPSA) is 134 Å². The van der Waals surface area contributed by atoms with E-state index in [1.165, 1.54) is 70.6 Å². The van der Waals surface area contributed by atoms with Crippen molar-refractivity contribution in [1.82, 2.24) is 0 Å². The van der Waals surface area contributed by atoms with E-state index in [4.69, 9.17) is 24.3 Å². The van der Waals surface area contributed by atoms with Gasteiger partial charge in [0.2, 0.25) is 0 Å². The van der Waals surface area contributed by atoms with Gasteiger partial charge in [-0.25, -0.2) is 4.57 Å². The molecule has 0 aliphatic rings. The van der Waals surface area contributed by atoms with Crippen molar-refractivity contribution in [2.24, 2.45) is 5.73 Å². The molecule has 0 fully saturated rings. The summed E-state index contributed by atoms with van der Waals surface area (Å²) in [7, 11) is -4.39. The van der Waals surface area contributed by atoms with Crippen LogP contribution in [0.15, 0.2) is 60.8 Å². The third-order valence-corrected chi connectivity index (χ3v) is 9.36. The van der Waals surface area contributed by atoms with Crippen molar-refractivity contribution in [3.05, 3.63) is 60.8 Å². The van der Waals surface area contributed by atoms with Crippen LogP contribution < -0.4 is 5.73 Å². The highest BCUT2D eigenvalue weighted by molar-refractivity contribution is 7.47. The van der Waals surface area contributed by atoms with E-state index in [-0.39, 0.29) is 32.6 Å².